The molecule has 0 bridgehead atoms. The second kappa shape index (κ2) is 8.19. The minimum Gasteiger partial charge on any atom is -0.489 e. The molecule has 0 spiro atoms. The summed E-state index contributed by atoms with van der Waals surface area (Å²) < 4.78 is 20.7. The van der Waals surface area contributed by atoms with E-state index in [0.717, 1.165) is 5.56 Å². The van der Waals surface area contributed by atoms with Gasteiger partial charge in [0.15, 0.2) is 6.61 Å². The van der Waals surface area contributed by atoms with Crippen LogP contribution in [0.5, 0.6) is 11.5 Å². The third kappa shape index (κ3) is 4.97. The van der Waals surface area contributed by atoms with Crippen LogP contribution in [-0.4, -0.2) is 31.3 Å². The van der Waals surface area contributed by atoms with E-state index in [9.17, 15) is 9.59 Å². The monoisotopic (exact) mass is 342 g/mol. The van der Waals surface area contributed by atoms with Gasteiger partial charge in [-0.15, -0.1) is 0 Å². The molecule has 0 amide bonds. The third-order valence-corrected chi connectivity index (χ3v) is 3.59. The van der Waals surface area contributed by atoms with Gasteiger partial charge in [-0.2, -0.15) is 0 Å². The second-order valence-electron chi connectivity index (χ2n) is 5.47. The van der Waals surface area contributed by atoms with E-state index < -0.39 is 18.0 Å². The molecule has 1 heterocycles. The smallest absolute Gasteiger partial charge is 0.347 e. The Kier molecular flexibility index (Phi) is 5.51. The predicted octanol–water partition coefficient (Wildman–Crippen LogP) is 2.50. The zero-order valence-electron chi connectivity index (χ0n) is 13.6. The van der Waals surface area contributed by atoms with Gasteiger partial charge in [0.2, 0.25) is 6.10 Å². The average molecular weight is 342 g/mol. The summed E-state index contributed by atoms with van der Waals surface area (Å²) in [6.45, 7) is 0.487. The Bertz CT molecular complexity index is 710. The van der Waals surface area contributed by atoms with Crippen LogP contribution >= 0.6 is 0 Å². The van der Waals surface area contributed by atoms with Gasteiger partial charge in [0, 0.05) is 6.42 Å². The maximum Gasteiger partial charge on any atom is 0.347 e. The van der Waals surface area contributed by atoms with Crippen molar-refractivity contribution in [3.8, 4) is 11.5 Å². The summed E-state index contributed by atoms with van der Waals surface area (Å²) in [5.74, 6) is 0.104. The molecule has 25 heavy (non-hydrogen) atoms. The van der Waals surface area contributed by atoms with Crippen LogP contribution in [0.4, 0.5) is 0 Å². The lowest BCUT2D eigenvalue weighted by molar-refractivity contribution is -0.161. The molecule has 6 nitrogen and oxygen atoms in total. The number of carbonyl (C=O) groups excluding carboxylic acids is 2. The predicted molar refractivity (Wildman–Crippen MR) is 88.2 cm³/mol. The summed E-state index contributed by atoms with van der Waals surface area (Å²) >= 11 is 0. The molecule has 0 saturated carbocycles. The molecule has 3 rings (SSSR count). The molecule has 0 unspecified atom stereocenters. The molecule has 1 fully saturated rings. The fraction of sp³-hybridized carbons (Fsp3) is 0.263. The molecule has 1 atom stereocenters. The number of esters is 2. The van der Waals surface area contributed by atoms with Crippen molar-refractivity contribution in [1.82, 2.24) is 0 Å². The molecule has 0 aliphatic carbocycles. The number of rotatable bonds is 7. The van der Waals surface area contributed by atoms with Gasteiger partial charge in [-0.25, -0.2) is 9.59 Å². The summed E-state index contributed by atoms with van der Waals surface area (Å²) in [7, 11) is 0. The Morgan fingerprint density at radius 1 is 1.00 bits per heavy atom. The van der Waals surface area contributed by atoms with E-state index in [1.54, 1.807) is 24.3 Å². The van der Waals surface area contributed by atoms with E-state index in [4.69, 9.17) is 18.9 Å². The highest BCUT2D eigenvalue weighted by atomic mass is 16.6. The first-order valence-electron chi connectivity index (χ1n) is 7.96. The highest BCUT2D eigenvalue weighted by Gasteiger charge is 2.30. The Morgan fingerprint density at radius 3 is 2.32 bits per heavy atom. The second-order valence-corrected chi connectivity index (χ2v) is 5.47. The first-order chi connectivity index (χ1) is 12.2. The summed E-state index contributed by atoms with van der Waals surface area (Å²) in [4.78, 5) is 22.9. The lowest BCUT2D eigenvalue weighted by Gasteiger charge is -2.10. The van der Waals surface area contributed by atoms with Crippen LogP contribution in [0.2, 0.25) is 0 Å². The number of ether oxygens (including phenoxy) is 4. The van der Waals surface area contributed by atoms with Crippen molar-refractivity contribution < 1.29 is 28.5 Å². The van der Waals surface area contributed by atoms with Crippen LogP contribution in [-0.2, 0) is 25.7 Å². The van der Waals surface area contributed by atoms with E-state index >= 15 is 0 Å². The Labute approximate surface area is 145 Å². The Morgan fingerprint density at radius 2 is 1.68 bits per heavy atom. The number of benzene rings is 2. The molecule has 0 N–H and O–H groups in total. The van der Waals surface area contributed by atoms with E-state index in [-0.39, 0.29) is 13.2 Å². The normalized spacial score (nSPS) is 16.2. The van der Waals surface area contributed by atoms with Crippen LogP contribution in [0.15, 0.2) is 54.6 Å². The molecule has 6 heteroatoms. The van der Waals surface area contributed by atoms with Crippen molar-refractivity contribution >= 4 is 11.9 Å². The van der Waals surface area contributed by atoms with Gasteiger partial charge in [-0.1, -0.05) is 30.3 Å². The van der Waals surface area contributed by atoms with Gasteiger partial charge in [-0.05, 0) is 29.8 Å². The lowest BCUT2D eigenvalue weighted by Crippen LogP contribution is -2.26. The molecule has 2 aromatic carbocycles. The number of hydrogen-bond acceptors (Lipinski definition) is 6. The highest BCUT2D eigenvalue weighted by Crippen LogP contribution is 2.19. The fourth-order valence-electron chi connectivity index (χ4n) is 2.29. The highest BCUT2D eigenvalue weighted by molar-refractivity contribution is 5.81. The van der Waals surface area contributed by atoms with Crippen molar-refractivity contribution in [1.29, 1.82) is 0 Å². The molecular weight excluding hydrogens is 324 g/mol. The first-order valence-corrected chi connectivity index (χ1v) is 7.96. The summed E-state index contributed by atoms with van der Waals surface area (Å²) in [5, 5.41) is 0. The summed E-state index contributed by atoms with van der Waals surface area (Å²) in [5.41, 5.74) is 1.08. The molecule has 1 aliphatic rings. The van der Waals surface area contributed by atoms with Crippen molar-refractivity contribution in [2.75, 3.05) is 13.2 Å². The topological polar surface area (TPSA) is 71.1 Å². The maximum absolute atomic E-state index is 11.7. The lowest BCUT2D eigenvalue weighted by atomic mass is 10.2. The summed E-state index contributed by atoms with van der Waals surface area (Å²) in [6, 6.07) is 16.8. The minimum absolute atomic E-state index is 0.270. The van der Waals surface area contributed by atoms with E-state index in [2.05, 4.69) is 0 Å². The van der Waals surface area contributed by atoms with Crippen LogP contribution in [0.1, 0.15) is 12.0 Å². The Hall–Kier alpha value is -3.02. The zero-order chi connectivity index (χ0) is 17.5. The van der Waals surface area contributed by atoms with Crippen molar-refractivity contribution in [2.45, 2.75) is 19.1 Å². The first kappa shape index (κ1) is 16.8. The largest absolute Gasteiger partial charge is 0.489 e. The zero-order valence-corrected chi connectivity index (χ0v) is 13.6. The van der Waals surface area contributed by atoms with Gasteiger partial charge in [0.1, 0.15) is 18.1 Å². The fourth-order valence-corrected chi connectivity index (χ4v) is 2.29. The number of hydrogen-bond donors (Lipinski definition) is 0. The van der Waals surface area contributed by atoms with Gasteiger partial charge < -0.3 is 18.9 Å². The van der Waals surface area contributed by atoms with Crippen molar-refractivity contribution in [2.24, 2.45) is 0 Å². The average Bonchev–Trinajstić information content (AvgIpc) is 3.04. The number of carbonyl (C=O) groups is 2. The molecule has 130 valence electrons. The molecule has 0 radical (unpaired) electrons. The Balaban J connectivity index is 1.42. The molecule has 1 aliphatic heterocycles. The number of cyclic esters (lactones) is 1. The van der Waals surface area contributed by atoms with Crippen LogP contribution in [0.25, 0.3) is 0 Å². The molecule has 1 saturated heterocycles. The molecule has 2 aromatic rings. The third-order valence-electron chi connectivity index (χ3n) is 3.59. The SMILES string of the molecule is O=C(COc1ccc(OCc2ccccc2)cc1)O[C@H]1CCOC1=O. The van der Waals surface area contributed by atoms with Gasteiger partial charge in [-0.3, -0.25) is 0 Å². The van der Waals surface area contributed by atoms with E-state index in [1.807, 2.05) is 30.3 Å². The quantitative estimate of drug-likeness (QED) is 0.720. The molecule has 0 aromatic heterocycles. The van der Waals surface area contributed by atoms with E-state index in [1.165, 1.54) is 0 Å². The summed E-state index contributed by atoms with van der Waals surface area (Å²) in [6.07, 6.45) is -0.428. The van der Waals surface area contributed by atoms with Crippen molar-refractivity contribution in [3.05, 3.63) is 60.2 Å². The van der Waals surface area contributed by atoms with Gasteiger partial charge in [0.05, 0.1) is 6.61 Å². The standard InChI is InChI=1S/C19H18O6/c20-18(25-17-10-11-22-19(17)21)13-24-16-8-6-15(7-9-16)23-12-14-4-2-1-3-5-14/h1-9,17H,10-13H2/t17-/m0/s1. The van der Waals surface area contributed by atoms with Crippen LogP contribution in [0, 0.1) is 0 Å². The van der Waals surface area contributed by atoms with E-state index in [0.29, 0.717) is 24.5 Å². The van der Waals surface area contributed by atoms with Crippen LogP contribution < -0.4 is 9.47 Å². The van der Waals surface area contributed by atoms with Gasteiger partial charge >= 0.3 is 11.9 Å². The molecular formula is C19H18O6. The minimum atomic E-state index is -0.815. The van der Waals surface area contributed by atoms with Crippen molar-refractivity contribution in [3.63, 3.8) is 0 Å². The maximum atomic E-state index is 11.7. The van der Waals surface area contributed by atoms with Gasteiger partial charge in [0.25, 0.3) is 0 Å². The van der Waals surface area contributed by atoms with Crippen LogP contribution in [0.3, 0.4) is 0 Å².